The molecule has 2 rings (SSSR count). The zero-order chi connectivity index (χ0) is 13.9. The SMILES string of the molecule is [Cl][Pd][Cl].[N-]=C(N=Cc1ccccc1)c1ccccc1. The second kappa shape index (κ2) is 9.89. The van der Waals surface area contributed by atoms with Crippen molar-refractivity contribution in [2.75, 3.05) is 0 Å². The first-order valence-electron chi connectivity index (χ1n) is 5.30. The molecule has 0 fully saturated rings. The fraction of sp³-hybridized carbons (Fsp3) is 0. The Kier molecular flexibility index (Phi) is 8.37. The Bertz CT molecular complexity index is 515. The van der Waals surface area contributed by atoms with Crippen LogP contribution >= 0.6 is 19.1 Å². The number of nitrogens with zero attached hydrogens (tertiary/aromatic N) is 2. The Morgan fingerprint density at radius 2 is 1.42 bits per heavy atom. The number of rotatable bonds is 2. The molecule has 19 heavy (non-hydrogen) atoms. The predicted molar refractivity (Wildman–Crippen MR) is 79.7 cm³/mol. The summed E-state index contributed by atoms with van der Waals surface area (Å²) in [6.07, 6.45) is 1.64. The van der Waals surface area contributed by atoms with Crippen LogP contribution in [-0.4, -0.2) is 12.1 Å². The van der Waals surface area contributed by atoms with Crippen molar-refractivity contribution in [3.8, 4) is 0 Å². The molecule has 0 heterocycles. The van der Waals surface area contributed by atoms with E-state index >= 15 is 0 Å². The van der Waals surface area contributed by atoms with Gasteiger partial charge in [-0.15, -0.1) is 0 Å². The fourth-order valence-corrected chi connectivity index (χ4v) is 1.34. The molecule has 0 saturated heterocycles. The number of benzene rings is 2. The number of hydrogen-bond acceptors (Lipinski definition) is 0. The molecule has 0 atom stereocenters. The molecule has 0 spiro atoms. The van der Waals surface area contributed by atoms with Crippen LogP contribution < -0.4 is 0 Å². The number of aliphatic imine (C=N–C) groups is 1. The third kappa shape index (κ3) is 6.66. The van der Waals surface area contributed by atoms with E-state index < -0.39 is 0 Å². The van der Waals surface area contributed by atoms with Gasteiger partial charge in [-0.1, -0.05) is 72.7 Å². The van der Waals surface area contributed by atoms with Crippen LogP contribution in [0.15, 0.2) is 65.7 Å². The topological polar surface area (TPSA) is 34.7 Å². The second-order valence-electron chi connectivity index (χ2n) is 3.40. The molecule has 0 amide bonds. The zero-order valence-electron chi connectivity index (χ0n) is 9.82. The molecule has 2 aromatic rings. The molecule has 0 saturated carbocycles. The smallest absolute Gasteiger partial charge is 0.0270 e. The summed E-state index contributed by atoms with van der Waals surface area (Å²) >= 11 is -0.106. The molecule has 2 nitrogen and oxygen atoms in total. The van der Waals surface area contributed by atoms with Crippen LogP contribution in [-0.2, 0) is 15.9 Å². The monoisotopic (exact) mass is 383 g/mol. The fourth-order valence-electron chi connectivity index (χ4n) is 1.34. The molecule has 0 N–H and O–H groups in total. The van der Waals surface area contributed by atoms with E-state index in [0.29, 0.717) is 0 Å². The van der Waals surface area contributed by atoms with Gasteiger partial charge in [0.05, 0.1) is 0 Å². The Hall–Kier alpha value is -0.978. The van der Waals surface area contributed by atoms with Crippen LogP contribution in [0.3, 0.4) is 0 Å². The van der Waals surface area contributed by atoms with Crippen LogP contribution in [0.5, 0.6) is 0 Å². The van der Waals surface area contributed by atoms with Crippen LogP contribution in [0.1, 0.15) is 11.1 Å². The van der Waals surface area contributed by atoms with E-state index in [-0.39, 0.29) is 21.8 Å². The molecule has 0 aliphatic heterocycles. The maximum absolute atomic E-state index is 9.70. The standard InChI is InChI=1S/C14H11N2.2ClH.Pd/c15-14(13-9-5-2-6-10-13)16-11-12-7-3-1-4-8-12;;;/h1-11H;2*1H;/q-1;;;+2/p-2. The van der Waals surface area contributed by atoms with E-state index in [0.717, 1.165) is 11.1 Å². The quantitative estimate of drug-likeness (QED) is 0.415. The molecule has 102 valence electrons. The second-order valence-corrected chi connectivity index (χ2v) is 5.76. The van der Waals surface area contributed by atoms with E-state index in [1.807, 2.05) is 60.7 Å². The average Bonchev–Trinajstić information content (AvgIpc) is 2.47. The van der Waals surface area contributed by atoms with Crippen LogP contribution in [0.25, 0.3) is 5.41 Å². The van der Waals surface area contributed by atoms with Gasteiger partial charge >= 0.3 is 35.0 Å². The van der Waals surface area contributed by atoms with Crippen molar-refractivity contribution < 1.29 is 15.9 Å². The molecule has 5 heteroatoms. The first kappa shape index (κ1) is 16.1. The number of amidine groups is 1. The van der Waals surface area contributed by atoms with E-state index in [4.69, 9.17) is 19.1 Å². The first-order chi connectivity index (χ1) is 9.27. The normalized spacial score (nSPS) is 10.0. The van der Waals surface area contributed by atoms with Gasteiger partial charge < -0.3 is 10.4 Å². The molecule has 0 aliphatic rings. The van der Waals surface area contributed by atoms with Crippen LogP contribution in [0, 0.1) is 0 Å². The van der Waals surface area contributed by atoms with Crippen molar-refractivity contribution in [2.45, 2.75) is 0 Å². The maximum atomic E-state index is 9.70. The van der Waals surface area contributed by atoms with Gasteiger partial charge in [0.2, 0.25) is 0 Å². The minimum atomic E-state index is -0.106. The minimum absolute atomic E-state index is 0.0319. The van der Waals surface area contributed by atoms with Gasteiger partial charge in [-0.3, -0.25) is 0 Å². The molecule has 0 bridgehead atoms. The molecule has 0 aromatic heterocycles. The average molecular weight is 385 g/mol. The Balaban J connectivity index is 0.000000550. The molecular formula is C14H11Cl2N2Pd-. The van der Waals surface area contributed by atoms with Crippen LogP contribution in [0.2, 0.25) is 0 Å². The Morgan fingerprint density at radius 1 is 0.947 bits per heavy atom. The number of hydrogen-bond donors (Lipinski definition) is 0. The van der Waals surface area contributed by atoms with Gasteiger partial charge in [0, 0.05) is 0 Å². The molecule has 0 radical (unpaired) electrons. The van der Waals surface area contributed by atoms with Gasteiger partial charge in [-0.25, -0.2) is 0 Å². The maximum Gasteiger partial charge on any atom is -0.0270 e. The summed E-state index contributed by atoms with van der Waals surface area (Å²) in [7, 11) is 9.63. The van der Waals surface area contributed by atoms with E-state index in [1.165, 1.54) is 0 Å². The predicted octanol–water partition coefficient (Wildman–Crippen LogP) is 4.50. The van der Waals surface area contributed by atoms with Gasteiger partial charge in [0.15, 0.2) is 0 Å². The third-order valence-electron chi connectivity index (χ3n) is 2.17. The largest absolute Gasteiger partial charge is 0.464 e. The summed E-state index contributed by atoms with van der Waals surface area (Å²) in [6.45, 7) is 0. The summed E-state index contributed by atoms with van der Waals surface area (Å²) in [4.78, 5) is 4.01. The van der Waals surface area contributed by atoms with Crippen molar-refractivity contribution >= 4 is 31.1 Å². The molecule has 0 aliphatic carbocycles. The minimum Gasteiger partial charge on any atom is -0.464 e. The summed E-state index contributed by atoms with van der Waals surface area (Å²) in [5.41, 5.74) is 1.68. The molecule has 2 aromatic carbocycles. The van der Waals surface area contributed by atoms with E-state index in [1.54, 1.807) is 6.21 Å². The molecular weight excluding hydrogens is 373 g/mol. The summed E-state index contributed by atoms with van der Waals surface area (Å²) < 4.78 is 0. The Morgan fingerprint density at radius 3 is 1.95 bits per heavy atom. The van der Waals surface area contributed by atoms with Gasteiger partial charge in [-0.2, -0.15) is 0 Å². The van der Waals surface area contributed by atoms with Crippen molar-refractivity contribution in [1.82, 2.24) is 0 Å². The van der Waals surface area contributed by atoms with Gasteiger partial charge in [0.25, 0.3) is 0 Å². The van der Waals surface area contributed by atoms with E-state index in [2.05, 4.69) is 4.99 Å². The van der Waals surface area contributed by atoms with Gasteiger partial charge in [-0.05, 0) is 11.1 Å². The van der Waals surface area contributed by atoms with Crippen molar-refractivity contribution in [3.63, 3.8) is 0 Å². The third-order valence-corrected chi connectivity index (χ3v) is 2.17. The zero-order valence-corrected chi connectivity index (χ0v) is 12.9. The summed E-state index contributed by atoms with van der Waals surface area (Å²) in [6, 6.07) is 18.9. The van der Waals surface area contributed by atoms with Crippen molar-refractivity contribution in [2.24, 2.45) is 4.99 Å². The van der Waals surface area contributed by atoms with Crippen LogP contribution in [0.4, 0.5) is 0 Å². The molecule has 0 unspecified atom stereocenters. The van der Waals surface area contributed by atoms with Gasteiger partial charge in [0.1, 0.15) is 0 Å². The van der Waals surface area contributed by atoms with Crippen molar-refractivity contribution in [3.05, 3.63) is 77.2 Å². The van der Waals surface area contributed by atoms with E-state index in [9.17, 15) is 5.41 Å². The Labute approximate surface area is 129 Å². The first-order valence-corrected chi connectivity index (χ1v) is 9.31. The summed E-state index contributed by atoms with van der Waals surface area (Å²) in [5.74, 6) is 0.0319. The summed E-state index contributed by atoms with van der Waals surface area (Å²) in [5, 5.41) is 9.70. The number of halogens is 2. The van der Waals surface area contributed by atoms with Crippen molar-refractivity contribution in [1.29, 1.82) is 0 Å².